The Bertz CT molecular complexity index is 550. The van der Waals surface area contributed by atoms with Crippen molar-refractivity contribution in [1.82, 2.24) is 0 Å². The molecule has 4 nitrogen and oxygen atoms in total. The molecule has 190 valence electrons. The molecular formula is C29H50O4. The van der Waals surface area contributed by atoms with Gasteiger partial charge in [0.1, 0.15) is 6.10 Å². The fourth-order valence-electron chi connectivity index (χ4n) is 4.76. The molecule has 0 aromatic carbocycles. The van der Waals surface area contributed by atoms with Gasteiger partial charge in [0, 0.05) is 13.0 Å². The van der Waals surface area contributed by atoms with Crippen molar-refractivity contribution in [1.29, 1.82) is 0 Å². The van der Waals surface area contributed by atoms with E-state index in [4.69, 9.17) is 14.2 Å². The van der Waals surface area contributed by atoms with Gasteiger partial charge in [-0.25, -0.2) is 0 Å². The molecule has 4 unspecified atom stereocenters. The van der Waals surface area contributed by atoms with E-state index in [-0.39, 0.29) is 30.4 Å². The Morgan fingerprint density at radius 3 is 2.33 bits per heavy atom. The highest BCUT2D eigenvalue weighted by molar-refractivity contribution is 5.78. The predicted molar refractivity (Wildman–Crippen MR) is 136 cm³/mol. The van der Waals surface area contributed by atoms with E-state index >= 15 is 0 Å². The molecule has 4 atom stereocenters. The number of esters is 1. The zero-order valence-electron chi connectivity index (χ0n) is 21.5. The van der Waals surface area contributed by atoms with Gasteiger partial charge < -0.3 is 14.2 Å². The van der Waals surface area contributed by atoms with E-state index in [1.54, 1.807) is 0 Å². The number of rotatable bonds is 19. The number of unbranched alkanes of at least 4 members (excludes halogenated alkanes) is 8. The third kappa shape index (κ3) is 12.2. The summed E-state index contributed by atoms with van der Waals surface area (Å²) in [5.41, 5.74) is 0. The van der Waals surface area contributed by atoms with Gasteiger partial charge in [-0.3, -0.25) is 4.79 Å². The van der Waals surface area contributed by atoms with Gasteiger partial charge in [0.25, 0.3) is 0 Å². The Labute approximate surface area is 203 Å². The summed E-state index contributed by atoms with van der Waals surface area (Å²) in [4.78, 5) is 11.7. The van der Waals surface area contributed by atoms with Crippen LogP contribution in [0.2, 0.25) is 0 Å². The standard InChI is InChI=1S/C29H50O4/c1-3-5-6-7-8-9-10-11-12-13-14-15-16-17-18-21-25(32-28-22-19-20-23-31-28)24-27-26(4-2)29(30)33-27/h8-9,11-12,25-28H,3-7,10,13-24H2,1-2H3. The molecule has 0 spiro atoms. The Hall–Kier alpha value is -1.13. The summed E-state index contributed by atoms with van der Waals surface area (Å²) >= 11 is 0. The van der Waals surface area contributed by atoms with E-state index in [9.17, 15) is 4.79 Å². The van der Waals surface area contributed by atoms with Gasteiger partial charge in [-0.2, -0.15) is 0 Å². The van der Waals surface area contributed by atoms with Crippen molar-refractivity contribution in [2.45, 2.75) is 141 Å². The molecular weight excluding hydrogens is 412 g/mol. The lowest BCUT2D eigenvalue weighted by Crippen LogP contribution is -2.47. The van der Waals surface area contributed by atoms with Crippen LogP contribution in [0.4, 0.5) is 0 Å². The fourth-order valence-corrected chi connectivity index (χ4v) is 4.76. The van der Waals surface area contributed by atoms with Crippen molar-refractivity contribution in [3.05, 3.63) is 24.3 Å². The number of carbonyl (C=O) groups is 1. The van der Waals surface area contributed by atoms with Crippen molar-refractivity contribution in [2.24, 2.45) is 5.92 Å². The second kappa shape index (κ2) is 18.2. The first kappa shape index (κ1) is 28.1. The minimum atomic E-state index is -0.0717. The van der Waals surface area contributed by atoms with Crippen LogP contribution in [0.1, 0.15) is 123 Å². The Morgan fingerprint density at radius 1 is 0.939 bits per heavy atom. The van der Waals surface area contributed by atoms with E-state index in [2.05, 4.69) is 38.2 Å². The Morgan fingerprint density at radius 2 is 1.67 bits per heavy atom. The second-order valence-corrected chi connectivity index (χ2v) is 9.80. The second-order valence-electron chi connectivity index (χ2n) is 9.80. The van der Waals surface area contributed by atoms with Gasteiger partial charge in [0.15, 0.2) is 6.29 Å². The first-order valence-corrected chi connectivity index (χ1v) is 14.0. The summed E-state index contributed by atoms with van der Waals surface area (Å²) in [6.45, 7) is 5.12. The van der Waals surface area contributed by atoms with Gasteiger partial charge in [0.2, 0.25) is 0 Å². The Balaban J connectivity index is 1.53. The number of carbonyl (C=O) groups excluding carboxylic acids is 1. The summed E-state index contributed by atoms with van der Waals surface area (Å²) in [6, 6.07) is 0. The molecule has 2 aliphatic rings. The molecule has 0 aromatic rings. The predicted octanol–water partition coefficient (Wildman–Crippen LogP) is 8.05. The highest BCUT2D eigenvalue weighted by Gasteiger charge is 2.42. The van der Waals surface area contributed by atoms with Crippen molar-refractivity contribution in [3.8, 4) is 0 Å². The van der Waals surface area contributed by atoms with E-state index in [0.29, 0.717) is 0 Å². The summed E-state index contributed by atoms with van der Waals surface area (Å²) < 4.78 is 17.5. The summed E-state index contributed by atoms with van der Waals surface area (Å²) in [7, 11) is 0. The maximum absolute atomic E-state index is 11.7. The molecule has 0 N–H and O–H groups in total. The lowest BCUT2D eigenvalue weighted by Gasteiger charge is -2.37. The highest BCUT2D eigenvalue weighted by atomic mass is 16.7. The van der Waals surface area contributed by atoms with E-state index < -0.39 is 0 Å². The van der Waals surface area contributed by atoms with Gasteiger partial charge in [-0.1, -0.05) is 76.7 Å². The van der Waals surface area contributed by atoms with Gasteiger partial charge in [0.05, 0.1) is 12.0 Å². The molecule has 0 aromatic heterocycles. The highest BCUT2D eigenvalue weighted by Crippen LogP contribution is 2.31. The van der Waals surface area contributed by atoms with Crippen LogP contribution in [0.25, 0.3) is 0 Å². The quantitative estimate of drug-likeness (QED) is 0.111. The average Bonchev–Trinajstić information content (AvgIpc) is 2.82. The van der Waals surface area contributed by atoms with Crippen LogP contribution in [0, 0.1) is 5.92 Å². The van der Waals surface area contributed by atoms with Crippen LogP contribution in [-0.2, 0) is 19.0 Å². The number of allylic oxidation sites excluding steroid dienone is 4. The smallest absolute Gasteiger partial charge is 0.313 e. The fraction of sp³-hybridized carbons (Fsp3) is 0.828. The lowest BCUT2D eigenvalue weighted by molar-refractivity contribution is -0.210. The summed E-state index contributed by atoms with van der Waals surface area (Å²) in [5, 5.41) is 0. The summed E-state index contributed by atoms with van der Waals surface area (Å²) in [5.74, 6) is 0.0280. The van der Waals surface area contributed by atoms with Crippen molar-refractivity contribution >= 4 is 5.97 Å². The van der Waals surface area contributed by atoms with Gasteiger partial charge >= 0.3 is 5.97 Å². The molecule has 33 heavy (non-hydrogen) atoms. The van der Waals surface area contributed by atoms with Crippen LogP contribution in [0.5, 0.6) is 0 Å². The van der Waals surface area contributed by atoms with Gasteiger partial charge in [-0.15, -0.1) is 0 Å². The van der Waals surface area contributed by atoms with Crippen molar-refractivity contribution in [2.75, 3.05) is 6.61 Å². The van der Waals surface area contributed by atoms with Crippen LogP contribution >= 0.6 is 0 Å². The molecule has 2 aliphatic heterocycles. The topological polar surface area (TPSA) is 44.8 Å². The number of cyclic esters (lactones) is 1. The first-order valence-electron chi connectivity index (χ1n) is 14.0. The van der Waals surface area contributed by atoms with Crippen molar-refractivity contribution < 1.29 is 19.0 Å². The van der Waals surface area contributed by atoms with Crippen LogP contribution in [-0.4, -0.2) is 31.1 Å². The molecule has 0 amide bonds. The molecule has 0 bridgehead atoms. The van der Waals surface area contributed by atoms with Gasteiger partial charge in [-0.05, 0) is 64.2 Å². The zero-order valence-corrected chi connectivity index (χ0v) is 21.5. The number of ether oxygens (including phenoxy) is 3. The number of hydrogen-bond donors (Lipinski definition) is 0. The van der Waals surface area contributed by atoms with Crippen LogP contribution in [0.3, 0.4) is 0 Å². The van der Waals surface area contributed by atoms with Crippen molar-refractivity contribution in [3.63, 3.8) is 0 Å². The maximum Gasteiger partial charge on any atom is 0.313 e. The van der Waals surface area contributed by atoms with Crippen LogP contribution in [0.15, 0.2) is 24.3 Å². The normalized spacial score (nSPS) is 24.3. The minimum Gasteiger partial charge on any atom is -0.461 e. The molecule has 2 rings (SSSR count). The largest absolute Gasteiger partial charge is 0.461 e. The van der Waals surface area contributed by atoms with E-state index in [1.165, 1.54) is 70.6 Å². The third-order valence-corrected chi connectivity index (χ3v) is 6.91. The first-order chi connectivity index (χ1) is 16.2. The number of hydrogen-bond acceptors (Lipinski definition) is 4. The minimum absolute atomic E-state index is 0.0350. The molecule has 2 saturated heterocycles. The monoisotopic (exact) mass is 462 g/mol. The van der Waals surface area contributed by atoms with E-state index in [1.807, 2.05) is 0 Å². The third-order valence-electron chi connectivity index (χ3n) is 6.91. The Kier molecular flexibility index (Phi) is 15.5. The average molecular weight is 463 g/mol. The summed E-state index contributed by atoms with van der Waals surface area (Å²) in [6.07, 6.45) is 29.2. The lowest BCUT2D eigenvalue weighted by atomic mass is 9.89. The molecule has 0 aliphatic carbocycles. The molecule has 0 radical (unpaired) electrons. The molecule has 0 saturated carbocycles. The molecule has 2 fully saturated rings. The van der Waals surface area contributed by atoms with E-state index in [0.717, 1.165) is 45.1 Å². The molecule has 4 heteroatoms. The van der Waals surface area contributed by atoms with Crippen LogP contribution < -0.4 is 0 Å². The SMILES string of the molecule is CCCCCC=CCC=CCCCCCCCC(CC1OC(=O)C1CC)OC1CCCCO1. The molecule has 2 heterocycles. The zero-order chi connectivity index (χ0) is 23.6. The maximum atomic E-state index is 11.7.